The summed E-state index contributed by atoms with van der Waals surface area (Å²) in [5.74, 6) is -0.0848. The summed E-state index contributed by atoms with van der Waals surface area (Å²) < 4.78 is 0. The molecule has 1 aromatic carbocycles. The number of rotatable bonds is 5. The van der Waals surface area contributed by atoms with Crippen LogP contribution in [0.4, 0.5) is 0 Å². The summed E-state index contributed by atoms with van der Waals surface area (Å²) in [4.78, 5) is 12.3. The second-order valence-corrected chi connectivity index (χ2v) is 5.96. The van der Waals surface area contributed by atoms with Crippen LogP contribution in [0.1, 0.15) is 45.1 Å². The molecule has 1 aliphatic rings. The van der Waals surface area contributed by atoms with Crippen LogP contribution in [0.3, 0.4) is 0 Å². The first-order valence-corrected chi connectivity index (χ1v) is 7.13. The minimum absolute atomic E-state index is 0. The van der Waals surface area contributed by atoms with Crippen molar-refractivity contribution in [1.82, 2.24) is 5.32 Å². The maximum absolute atomic E-state index is 12.3. The average molecular weight is 297 g/mol. The Morgan fingerprint density at radius 3 is 2.40 bits per heavy atom. The third-order valence-corrected chi connectivity index (χ3v) is 4.63. The maximum Gasteiger partial charge on any atom is 0.244 e. The highest BCUT2D eigenvalue weighted by molar-refractivity contribution is 5.87. The van der Waals surface area contributed by atoms with E-state index in [0.29, 0.717) is 5.41 Å². The summed E-state index contributed by atoms with van der Waals surface area (Å²) in [5.41, 5.74) is 6.42. The van der Waals surface area contributed by atoms with Crippen molar-refractivity contribution >= 4 is 18.3 Å². The van der Waals surface area contributed by atoms with Crippen molar-refractivity contribution in [3.05, 3.63) is 35.9 Å². The van der Waals surface area contributed by atoms with Crippen molar-refractivity contribution in [1.29, 1.82) is 0 Å². The zero-order chi connectivity index (χ0) is 13.9. The van der Waals surface area contributed by atoms with Crippen LogP contribution in [-0.2, 0) is 10.3 Å². The molecule has 0 aliphatic heterocycles. The van der Waals surface area contributed by atoms with Gasteiger partial charge in [-0.2, -0.15) is 0 Å². The van der Waals surface area contributed by atoms with Gasteiger partial charge in [-0.05, 0) is 37.2 Å². The molecule has 1 aromatic rings. The van der Waals surface area contributed by atoms with Gasteiger partial charge >= 0.3 is 0 Å². The van der Waals surface area contributed by atoms with Crippen LogP contribution in [0.25, 0.3) is 0 Å². The highest BCUT2D eigenvalue weighted by Gasteiger charge is 2.37. The fraction of sp³-hybridized carbons (Fsp3) is 0.562. The van der Waals surface area contributed by atoms with Gasteiger partial charge in [-0.15, -0.1) is 12.4 Å². The Hall–Kier alpha value is -1.06. The van der Waals surface area contributed by atoms with Crippen LogP contribution in [0.15, 0.2) is 30.3 Å². The molecule has 3 nitrogen and oxygen atoms in total. The number of nitrogens with one attached hydrogen (secondary N) is 1. The minimum atomic E-state index is -0.958. The Balaban J connectivity index is 0.00000200. The molecule has 0 radical (unpaired) electrons. The molecule has 112 valence electrons. The summed E-state index contributed by atoms with van der Waals surface area (Å²) in [7, 11) is 0. The smallest absolute Gasteiger partial charge is 0.244 e. The van der Waals surface area contributed by atoms with Gasteiger partial charge < -0.3 is 11.1 Å². The molecule has 1 unspecified atom stereocenters. The molecule has 0 spiro atoms. The van der Waals surface area contributed by atoms with Gasteiger partial charge in [0, 0.05) is 6.54 Å². The van der Waals surface area contributed by atoms with Gasteiger partial charge in [0.2, 0.25) is 5.91 Å². The van der Waals surface area contributed by atoms with E-state index < -0.39 is 5.54 Å². The zero-order valence-electron chi connectivity index (χ0n) is 12.3. The number of hydrogen-bond donors (Lipinski definition) is 2. The van der Waals surface area contributed by atoms with Crippen molar-refractivity contribution < 1.29 is 4.79 Å². The lowest BCUT2D eigenvalue weighted by Crippen LogP contribution is -2.52. The molecule has 20 heavy (non-hydrogen) atoms. The first-order valence-electron chi connectivity index (χ1n) is 7.13. The molecular weight excluding hydrogens is 272 g/mol. The van der Waals surface area contributed by atoms with Crippen molar-refractivity contribution in [3.8, 4) is 0 Å². The van der Waals surface area contributed by atoms with Crippen molar-refractivity contribution in [2.75, 3.05) is 6.54 Å². The summed E-state index contributed by atoms with van der Waals surface area (Å²) in [6.07, 6.45) is 4.84. The van der Waals surface area contributed by atoms with Gasteiger partial charge in [-0.25, -0.2) is 0 Å². The van der Waals surface area contributed by atoms with Crippen LogP contribution in [0.5, 0.6) is 0 Å². The predicted octanol–water partition coefficient (Wildman–Crippen LogP) is 2.98. The second kappa shape index (κ2) is 6.59. The molecular formula is C16H25ClN2O. The first kappa shape index (κ1) is 17.0. The summed E-state index contributed by atoms with van der Waals surface area (Å²) in [6, 6.07) is 9.55. The van der Waals surface area contributed by atoms with Gasteiger partial charge in [-0.3, -0.25) is 4.79 Å². The van der Waals surface area contributed by atoms with Gasteiger partial charge in [0.05, 0.1) is 0 Å². The fourth-order valence-corrected chi connectivity index (χ4v) is 2.70. The molecule has 2 rings (SSSR count). The highest BCUT2D eigenvalue weighted by atomic mass is 35.5. The lowest BCUT2D eigenvalue weighted by molar-refractivity contribution is -0.127. The molecule has 1 aliphatic carbocycles. The SMILES string of the molecule is CCC1(CNC(=O)C(C)(N)c2ccccc2)CCC1.Cl. The Labute approximate surface area is 127 Å². The molecule has 0 bridgehead atoms. The minimum Gasteiger partial charge on any atom is -0.354 e. The standard InChI is InChI=1S/C16H24N2O.ClH/c1-3-16(10-7-11-16)12-18-14(19)15(2,17)13-8-5-4-6-9-13;/h4-6,8-9H,3,7,10-12,17H2,1-2H3,(H,18,19);1H. The number of hydrogen-bond acceptors (Lipinski definition) is 2. The maximum atomic E-state index is 12.3. The van der Waals surface area contributed by atoms with E-state index >= 15 is 0 Å². The largest absolute Gasteiger partial charge is 0.354 e. The third kappa shape index (κ3) is 3.33. The molecule has 1 fully saturated rings. The molecule has 0 saturated heterocycles. The molecule has 1 saturated carbocycles. The molecule has 3 N–H and O–H groups in total. The Morgan fingerprint density at radius 2 is 1.95 bits per heavy atom. The Bertz CT molecular complexity index is 436. The van der Waals surface area contributed by atoms with Crippen molar-refractivity contribution in [3.63, 3.8) is 0 Å². The van der Waals surface area contributed by atoms with Gasteiger partial charge in [0.15, 0.2) is 0 Å². The van der Waals surface area contributed by atoms with Crippen LogP contribution in [0.2, 0.25) is 0 Å². The van der Waals surface area contributed by atoms with E-state index in [4.69, 9.17) is 5.73 Å². The Morgan fingerprint density at radius 1 is 1.35 bits per heavy atom. The Kier molecular flexibility index (Phi) is 5.60. The summed E-state index contributed by atoms with van der Waals surface area (Å²) in [6.45, 7) is 4.73. The molecule has 0 heterocycles. The van der Waals surface area contributed by atoms with Crippen LogP contribution >= 0.6 is 12.4 Å². The predicted molar refractivity (Wildman–Crippen MR) is 84.8 cm³/mol. The number of carbonyl (C=O) groups excluding carboxylic acids is 1. The number of carbonyl (C=O) groups is 1. The summed E-state index contributed by atoms with van der Waals surface area (Å²) >= 11 is 0. The van der Waals surface area contributed by atoms with Gasteiger partial charge in [0.25, 0.3) is 0 Å². The number of nitrogens with two attached hydrogens (primary N) is 1. The average Bonchev–Trinajstić information content (AvgIpc) is 2.38. The number of halogens is 1. The van der Waals surface area contributed by atoms with Crippen molar-refractivity contribution in [2.24, 2.45) is 11.1 Å². The van der Waals surface area contributed by atoms with E-state index in [1.807, 2.05) is 30.3 Å². The van der Waals surface area contributed by atoms with E-state index in [1.165, 1.54) is 19.3 Å². The van der Waals surface area contributed by atoms with E-state index in [1.54, 1.807) is 6.92 Å². The van der Waals surface area contributed by atoms with Crippen LogP contribution in [-0.4, -0.2) is 12.5 Å². The topological polar surface area (TPSA) is 55.1 Å². The monoisotopic (exact) mass is 296 g/mol. The number of benzene rings is 1. The molecule has 4 heteroatoms. The molecule has 1 atom stereocenters. The van der Waals surface area contributed by atoms with Crippen LogP contribution in [0, 0.1) is 5.41 Å². The highest BCUT2D eigenvalue weighted by Crippen LogP contribution is 2.43. The summed E-state index contributed by atoms with van der Waals surface area (Å²) in [5, 5.41) is 3.05. The van der Waals surface area contributed by atoms with Gasteiger partial charge in [0.1, 0.15) is 5.54 Å². The van der Waals surface area contributed by atoms with Gasteiger partial charge in [-0.1, -0.05) is 43.7 Å². The van der Waals surface area contributed by atoms with E-state index in [-0.39, 0.29) is 18.3 Å². The molecule has 1 amide bonds. The fourth-order valence-electron chi connectivity index (χ4n) is 2.70. The second-order valence-electron chi connectivity index (χ2n) is 5.96. The molecule has 0 aromatic heterocycles. The van der Waals surface area contributed by atoms with E-state index in [0.717, 1.165) is 18.5 Å². The van der Waals surface area contributed by atoms with Crippen LogP contribution < -0.4 is 11.1 Å². The zero-order valence-corrected chi connectivity index (χ0v) is 13.1. The normalized spacial score (nSPS) is 19.1. The quantitative estimate of drug-likeness (QED) is 0.877. The lowest BCUT2D eigenvalue weighted by atomic mass is 9.67. The van der Waals surface area contributed by atoms with Crippen molar-refractivity contribution in [2.45, 2.75) is 45.1 Å². The van der Waals surface area contributed by atoms with E-state index in [2.05, 4.69) is 12.2 Å². The number of amides is 1. The van der Waals surface area contributed by atoms with E-state index in [9.17, 15) is 4.79 Å². The lowest BCUT2D eigenvalue weighted by Gasteiger charge is -2.42. The third-order valence-electron chi connectivity index (χ3n) is 4.63. The first-order chi connectivity index (χ1) is 9.00.